The van der Waals surface area contributed by atoms with Crippen molar-refractivity contribution >= 4 is 16.7 Å². The van der Waals surface area contributed by atoms with Gasteiger partial charge in [-0.3, -0.25) is 14.9 Å². The van der Waals surface area contributed by atoms with Crippen LogP contribution in [0.3, 0.4) is 0 Å². The number of para-hydroxylation sites is 1. The van der Waals surface area contributed by atoms with Crippen LogP contribution in [0.1, 0.15) is 5.69 Å². The quantitative estimate of drug-likeness (QED) is 0.453. The highest BCUT2D eigenvalue weighted by atomic mass is 16.6. The first-order chi connectivity index (χ1) is 12.5. The molecule has 0 aliphatic rings. The van der Waals surface area contributed by atoms with Gasteiger partial charge in [0.2, 0.25) is 0 Å². The summed E-state index contributed by atoms with van der Waals surface area (Å²) in [6, 6.07) is 15.2. The number of nitro benzene ring substituents is 1. The van der Waals surface area contributed by atoms with Gasteiger partial charge >= 0.3 is 0 Å². The average Bonchev–Trinajstić information content (AvgIpc) is 3.00. The van der Waals surface area contributed by atoms with Crippen molar-refractivity contribution in [1.29, 1.82) is 0 Å². The summed E-state index contributed by atoms with van der Waals surface area (Å²) in [6.45, 7) is 1.79. The van der Waals surface area contributed by atoms with Gasteiger partial charge in [-0.05, 0) is 31.2 Å². The Morgan fingerprint density at radius 3 is 2.42 bits per heavy atom. The Labute approximate surface area is 146 Å². The minimum absolute atomic E-state index is 0.0229. The molecule has 4 aromatic rings. The van der Waals surface area contributed by atoms with E-state index >= 15 is 0 Å². The van der Waals surface area contributed by atoms with Crippen molar-refractivity contribution in [1.82, 2.24) is 19.7 Å². The Hall–Kier alpha value is -3.81. The zero-order valence-electron chi connectivity index (χ0n) is 13.7. The van der Waals surface area contributed by atoms with Gasteiger partial charge in [-0.2, -0.15) is 5.10 Å². The maximum Gasteiger partial charge on any atom is 0.277 e. The number of hydrogen-bond donors (Lipinski definition) is 1. The maximum absolute atomic E-state index is 12.7. The van der Waals surface area contributed by atoms with Crippen molar-refractivity contribution < 1.29 is 4.92 Å². The number of rotatable bonds is 3. The van der Waals surface area contributed by atoms with Crippen LogP contribution in [-0.2, 0) is 0 Å². The van der Waals surface area contributed by atoms with Crippen molar-refractivity contribution in [3.63, 3.8) is 0 Å². The van der Waals surface area contributed by atoms with Crippen molar-refractivity contribution in [3.8, 4) is 17.1 Å². The summed E-state index contributed by atoms with van der Waals surface area (Å²) in [5, 5.41) is 15.2. The van der Waals surface area contributed by atoms with E-state index in [1.54, 1.807) is 23.7 Å². The van der Waals surface area contributed by atoms with E-state index < -0.39 is 4.92 Å². The first-order valence-electron chi connectivity index (χ1n) is 7.84. The van der Waals surface area contributed by atoms with Crippen molar-refractivity contribution in [2.75, 3.05) is 0 Å². The predicted molar refractivity (Wildman–Crippen MR) is 96.3 cm³/mol. The smallest absolute Gasteiger partial charge is 0.277 e. The summed E-state index contributed by atoms with van der Waals surface area (Å²) in [5.41, 5.74) is 2.48. The molecule has 0 bridgehead atoms. The van der Waals surface area contributed by atoms with Gasteiger partial charge in [0.15, 0.2) is 5.52 Å². The molecule has 0 spiro atoms. The van der Waals surface area contributed by atoms with Gasteiger partial charge in [0, 0.05) is 17.7 Å². The Morgan fingerprint density at radius 1 is 1.08 bits per heavy atom. The fraction of sp³-hybridized carbons (Fsp3) is 0.0556. The summed E-state index contributed by atoms with van der Waals surface area (Å²) in [4.78, 5) is 30.3. The number of fused-ring (bicyclic) bond motifs is 1. The van der Waals surface area contributed by atoms with Crippen molar-refractivity contribution in [2.45, 2.75) is 6.92 Å². The van der Waals surface area contributed by atoms with Crippen LogP contribution in [0.25, 0.3) is 28.1 Å². The van der Waals surface area contributed by atoms with Gasteiger partial charge in [-0.15, -0.1) is 0 Å². The topological polar surface area (TPSA) is 107 Å². The highest BCUT2D eigenvalue weighted by Crippen LogP contribution is 2.22. The standard InChI is InChI=1S/C18H13N5O3/c1-11-15-16(22(21-11)13-5-3-2-4-6-13)18(24)20-17(19-15)12-7-9-14(10-8-12)23(25)26/h2-10H,1H3,(H,19,20,24). The molecule has 2 aromatic heterocycles. The molecule has 128 valence electrons. The normalized spacial score (nSPS) is 11.0. The van der Waals surface area contributed by atoms with E-state index in [9.17, 15) is 14.9 Å². The first-order valence-corrected chi connectivity index (χ1v) is 7.84. The van der Waals surface area contributed by atoms with Gasteiger partial charge < -0.3 is 4.98 Å². The molecule has 4 rings (SSSR count). The molecule has 0 aliphatic carbocycles. The van der Waals surface area contributed by atoms with Crippen molar-refractivity contribution in [2.24, 2.45) is 0 Å². The fourth-order valence-corrected chi connectivity index (χ4v) is 2.80. The van der Waals surface area contributed by atoms with Crippen LogP contribution in [0.15, 0.2) is 59.4 Å². The third-order valence-corrected chi connectivity index (χ3v) is 4.05. The molecular weight excluding hydrogens is 334 g/mol. The first kappa shape index (κ1) is 15.7. The van der Waals surface area contributed by atoms with Crippen molar-refractivity contribution in [3.05, 3.63) is 80.8 Å². The van der Waals surface area contributed by atoms with Gasteiger partial charge in [-0.25, -0.2) is 9.67 Å². The highest BCUT2D eigenvalue weighted by Gasteiger charge is 2.16. The highest BCUT2D eigenvalue weighted by molar-refractivity contribution is 5.80. The number of H-pyrrole nitrogens is 1. The van der Waals surface area contributed by atoms with Crippen LogP contribution in [0.4, 0.5) is 5.69 Å². The molecule has 0 unspecified atom stereocenters. The van der Waals surface area contributed by atoms with Crippen LogP contribution in [0, 0.1) is 17.0 Å². The zero-order valence-corrected chi connectivity index (χ0v) is 13.7. The monoisotopic (exact) mass is 347 g/mol. The lowest BCUT2D eigenvalue weighted by Crippen LogP contribution is -2.13. The summed E-state index contributed by atoms with van der Waals surface area (Å²) >= 11 is 0. The summed E-state index contributed by atoms with van der Waals surface area (Å²) in [7, 11) is 0. The number of hydrogen-bond acceptors (Lipinski definition) is 5. The minimum Gasteiger partial charge on any atom is -0.305 e. The number of nitro groups is 1. The van der Waals surface area contributed by atoms with Crippen LogP contribution in [-0.4, -0.2) is 24.7 Å². The molecule has 8 heteroatoms. The minimum atomic E-state index is -0.475. The van der Waals surface area contributed by atoms with Gasteiger partial charge in [0.1, 0.15) is 11.3 Å². The average molecular weight is 347 g/mol. The van der Waals surface area contributed by atoms with E-state index in [1.807, 2.05) is 30.3 Å². The summed E-state index contributed by atoms with van der Waals surface area (Å²) in [5.74, 6) is 0.341. The number of benzene rings is 2. The fourth-order valence-electron chi connectivity index (χ4n) is 2.80. The molecular formula is C18H13N5O3. The Kier molecular flexibility index (Phi) is 3.58. The van der Waals surface area contributed by atoms with E-state index in [1.165, 1.54) is 12.1 Å². The van der Waals surface area contributed by atoms with Gasteiger partial charge in [-0.1, -0.05) is 18.2 Å². The van der Waals surface area contributed by atoms with Gasteiger partial charge in [0.05, 0.1) is 16.3 Å². The molecule has 0 radical (unpaired) electrons. The summed E-state index contributed by atoms with van der Waals surface area (Å²) in [6.07, 6.45) is 0. The largest absolute Gasteiger partial charge is 0.305 e. The molecule has 0 atom stereocenters. The number of aromatic nitrogens is 4. The molecule has 26 heavy (non-hydrogen) atoms. The molecule has 0 fully saturated rings. The summed E-state index contributed by atoms with van der Waals surface area (Å²) < 4.78 is 1.57. The number of non-ortho nitro benzene ring substituents is 1. The number of nitrogens with one attached hydrogen (secondary N) is 1. The third-order valence-electron chi connectivity index (χ3n) is 4.05. The second-order valence-corrected chi connectivity index (χ2v) is 5.75. The third kappa shape index (κ3) is 2.53. The van der Waals surface area contributed by atoms with Crippen LogP contribution in [0.5, 0.6) is 0 Å². The molecule has 2 heterocycles. The van der Waals surface area contributed by atoms with E-state index in [4.69, 9.17) is 0 Å². The molecule has 0 saturated carbocycles. The van der Waals surface area contributed by atoms with E-state index in [0.29, 0.717) is 28.1 Å². The molecule has 8 nitrogen and oxygen atoms in total. The van der Waals surface area contributed by atoms with Crippen LogP contribution >= 0.6 is 0 Å². The molecule has 1 N–H and O–H groups in total. The zero-order chi connectivity index (χ0) is 18.3. The Balaban J connectivity index is 1.89. The second-order valence-electron chi connectivity index (χ2n) is 5.75. The number of aryl methyl sites for hydroxylation is 1. The molecule has 0 saturated heterocycles. The predicted octanol–water partition coefficient (Wildman–Crippen LogP) is 2.99. The second kappa shape index (κ2) is 5.92. The lowest BCUT2D eigenvalue weighted by Gasteiger charge is -2.04. The van der Waals surface area contributed by atoms with Crippen LogP contribution < -0.4 is 5.56 Å². The Morgan fingerprint density at radius 2 is 1.77 bits per heavy atom. The maximum atomic E-state index is 12.7. The molecule has 0 aliphatic heterocycles. The molecule has 2 aromatic carbocycles. The lowest BCUT2D eigenvalue weighted by atomic mass is 10.2. The Bertz CT molecular complexity index is 1180. The molecule has 0 amide bonds. The lowest BCUT2D eigenvalue weighted by molar-refractivity contribution is -0.384. The SMILES string of the molecule is Cc1nn(-c2ccccc2)c2c(=O)[nH]c(-c3ccc([N+](=O)[O-])cc3)nc12. The number of aromatic amines is 1. The van der Waals surface area contributed by atoms with E-state index in [0.717, 1.165) is 5.69 Å². The van der Waals surface area contributed by atoms with E-state index in [-0.39, 0.29) is 11.2 Å². The van der Waals surface area contributed by atoms with Gasteiger partial charge in [0.25, 0.3) is 11.2 Å². The van der Waals surface area contributed by atoms with Crippen LogP contribution in [0.2, 0.25) is 0 Å². The van der Waals surface area contributed by atoms with E-state index in [2.05, 4.69) is 15.1 Å². The number of nitrogens with zero attached hydrogens (tertiary/aromatic N) is 4.